The maximum absolute atomic E-state index is 5.81. The number of benzene rings is 3. The van der Waals surface area contributed by atoms with Crippen LogP contribution in [0.4, 0.5) is 0 Å². The van der Waals surface area contributed by atoms with Gasteiger partial charge in [-0.05, 0) is 37.5 Å². The van der Waals surface area contributed by atoms with Crippen molar-refractivity contribution in [1.29, 1.82) is 0 Å². The summed E-state index contributed by atoms with van der Waals surface area (Å²) in [6.45, 7) is 8.83. The highest BCUT2D eigenvalue weighted by molar-refractivity contribution is 6.08. The fourth-order valence-electron chi connectivity index (χ4n) is 2.61. The van der Waals surface area contributed by atoms with E-state index in [1.807, 2.05) is 18.2 Å². The van der Waals surface area contributed by atoms with E-state index in [0.29, 0.717) is 6.54 Å². The highest BCUT2D eigenvalue weighted by atomic mass is 14.5. The average molecular weight is 233 g/mol. The van der Waals surface area contributed by atoms with Crippen molar-refractivity contribution >= 4 is 34.7 Å². The van der Waals surface area contributed by atoms with E-state index in [1.165, 1.54) is 21.5 Å². The van der Waals surface area contributed by atoms with Crippen molar-refractivity contribution in [3.05, 3.63) is 58.5 Å². The smallest absolute Gasteiger partial charge is 0.0184 e. The lowest BCUT2D eigenvalue weighted by atomic mass is 9.96. The summed E-state index contributed by atoms with van der Waals surface area (Å²) in [6, 6.07) is 14.5. The zero-order valence-corrected chi connectivity index (χ0v) is 10.2. The second-order valence-electron chi connectivity index (χ2n) is 4.59. The van der Waals surface area contributed by atoms with Crippen molar-refractivity contribution in [2.45, 2.75) is 6.54 Å². The summed E-state index contributed by atoms with van der Waals surface area (Å²) in [5.74, 6) is 0. The predicted octanol–water partition coefficient (Wildman–Crippen LogP) is 2.27. The minimum absolute atomic E-state index is 0.543. The number of nitrogens with two attached hydrogens (primary N) is 1. The van der Waals surface area contributed by atoms with Gasteiger partial charge in [-0.2, -0.15) is 0 Å². The predicted molar refractivity (Wildman–Crippen MR) is 79.6 cm³/mol. The van der Waals surface area contributed by atoms with Gasteiger partial charge in [0.05, 0.1) is 0 Å². The van der Waals surface area contributed by atoms with Gasteiger partial charge in [-0.15, -0.1) is 0 Å². The van der Waals surface area contributed by atoms with Gasteiger partial charge in [0.15, 0.2) is 0 Å². The molecule has 0 fully saturated rings. The van der Waals surface area contributed by atoms with Gasteiger partial charge in [0.1, 0.15) is 0 Å². The molecule has 1 heteroatoms. The third kappa shape index (κ3) is 1.45. The molecule has 0 spiro atoms. The highest BCUT2D eigenvalue weighted by Crippen LogP contribution is 2.22. The number of hydrogen-bond acceptors (Lipinski definition) is 1. The van der Waals surface area contributed by atoms with E-state index in [0.717, 1.165) is 16.0 Å². The number of rotatable bonds is 1. The minimum atomic E-state index is 0.543. The molecule has 0 unspecified atom stereocenters. The first-order chi connectivity index (χ1) is 8.72. The molecule has 88 valence electrons. The Morgan fingerprint density at radius 1 is 0.833 bits per heavy atom. The molecule has 0 heterocycles. The van der Waals surface area contributed by atoms with Crippen LogP contribution < -0.4 is 16.2 Å². The number of hydrogen-bond donors (Lipinski definition) is 1. The SMILES string of the molecule is C=c1cccc2ccc3c(CN)ccc(=C)c3c12. The number of fused-ring (bicyclic) bond motifs is 3. The second kappa shape index (κ2) is 3.97. The van der Waals surface area contributed by atoms with Gasteiger partial charge in [-0.3, -0.25) is 0 Å². The molecule has 2 N–H and O–H groups in total. The Hall–Kier alpha value is -2.12. The van der Waals surface area contributed by atoms with E-state index in [2.05, 4.69) is 37.4 Å². The first kappa shape index (κ1) is 11.0. The van der Waals surface area contributed by atoms with Crippen molar-refractivity contribution in [2.75, 3.05) is 0 Å². The molecule has 0 aliphatic heterocycles. The molecule has 3 aromatic carbocycles. The summed E-state index contributed by atoms with van der Waals surface area (Å²) in [6.07, 6.45) is 0. The normalized spacial score (nSPS) is 11.2. The Morgan fingerprint density at radius 2 is 1.61 bits per heavy atom. The summed E-state index contributed by atoms with van der Waals surface area (Å²) < 4.78 is 0. The Kier molecular flexibility index (Phi) is 2.42. The van der Waals surface area contributed by atoms with Crippen LogP contribution in [0, 0.1) is 0 Å². The van der Waals surface area contributed by atoms with Gasteiger partial charge in [0.2, 0.25) is 0 Å². The van der Waals surface area contributed by atoms with Gasteiger partial charge >= 0.3 is 0 Å². The fourth-order valence-corrected chi connectivity index (χ4v) is 2.61. The Balaban J connectivity index is 2.71. The van der Waals surface area contributed by atoms with Gasteiger partial charge in [0.25, 0.3) is 0 Å². The Morgan fingerprint density at radius 3 is 2.39 bits per heavy atom. The van der Waals surface area contributed by atoms with Crippen molar-refractivity contribution in [2.24, 2.45) is 5.73 Å². The van der Waals surface area contributed by atoms with Crippen LogP contribution in [0.2, 0.25) is 0 Å². The van der Waals surface area contributed by atoms with Crippen LogP contribution >= 0.6 is 0 Å². The van der Waals surface area contributed by atoms with Crippen molar-refractivity contribution in [3.8, 4) is 0 Å². The van der Waals surface area contributed by atoms with E-state index in [4.69, 9.17) is 5.73 Å². The molecule has 0 bridgehead atoms. The van der Waals surface area contributed by atoms with Crippen LogP contribution in [-0.4, -0.2) is 0 Å². The highest BCUT2D eigenvalue weighted by Gasteiger charge is 2.05. The van der Waals surface area contributed by atoms with Crippen LogP contribution in [0.25, 0.3) is 34.7 Å². The molecule has 3 rings (SSSR count). The van der Waals surface area contributed by atoms with E-state index in [1.54, 1.807) is 0 Å². The van der Waals surface area contributed by atoms with Gasteiger partial charge in [0, 0.05) is 6.54 Å². The van der Waals surface area contributed by atoms with Crippen LogP contribution in [0.5, 0.6) is 0 Å². The molecular weight excluding hydrogens is 218 g/mol. The fraction of sp³-hybridized carbons (Fsp3) is 0.0588. The molecule has 0 radical (unpaired) electrons. The Bertz CT molecular complexity index is 847. The molecule has 0 saturated heterocycles. The quantitative estimate of drug-likeness (QED) is 0.641. The van der Waals surface area contributed by atoms with Crippen LogP contribution in [0.1, 0.15) is 5.56 Å². The van der Waals surface area contributed by atoms with Crippen molar-refractivity contribution in [1.82, 2.24) is 0 Å². The molecule has 1 nitrogen and oxygen atoms in total. The molecule has 0 saturated carbocycles. The summed E-state index contributed by atoms with van der Waals surface area (Å²) in [4.78, 5) is 0. The van der Waals surface area contributed by atoms with Gasteiger partial charge in [-0.1, -0.05) is 55.6 Å². The van der Waals surface area contributed by atoms with Crippen molar-refractivity contribution < 1.29 is 0 Å². The minimum Gasteiger partial charge on any atom is -0.326 e. The van der Waals surface area contributed by atoms with Crippen LogP contribution in [0.3, 0.4) is 0 Å². The van der Waals surface area contributed by atoms with E-state index < -0.39 is 0 Å². The van der Waals surface area contributed by atoms with Crippen LogP contribution in [0.15, 0.2) is 42.5 Å². The lowest BCUT2D eigenvalue weighted by Crippen LogP contribution is -2.09. The summed E-state index contributed by atoms with van der Waals surface area (Å²) in [7, 11) is 0. The summed E-state index contributed by atoms with van der Waals surface area (Å²) >= 11 is 0. The molecule has 18 heavy (non-hydrogen) atoms. The average Bonchev–Trinajstić information content (AvgIpc) is 2.39. The third-order valence-corrected chi connectivity index (χ3v) is 3.50. The molecule has 3 aromatic rings. The maximum atomic E-state index is 5.81. The lowest BCUT2D eigenvalue weighted by Gasteiger charge is -2.09. The third-order valence-electron chi connectivity index (χ3n) is 3.50. The van der Waals surface area contributed by atoms with Gasteiger partial charge < -0.3 is 5.73 Å². The molecule has 0 aromatic heterocycles. The van der Waals surface area contributed by atoms with Crippen molar-refractivity contribution in [3.63, 3.8) is 0 Å². The topological polar surface area (TPSA) is 26.0 Å². The zero-order valence-electron chi connectivity index (χ0n) is 10.2. The zero-order chi connectivity index (χ0) is 12.7. The van der Waals surface area contributed by atoms with E-state index >= 15 is 0 Å². The standard InChI is InChI=1S/C17H15N/c1-11-4-3-5-13-8-9-15-14(10-18)7-6-12(2)17(15)16(11)13/h3-9H,1-2,10,18H2. The lowest BCUT2D eigenvalue weighted by molar-refractivity contribution is 1.09. The largest absolute Gasteiger partial charge is 0.326 e. The van der Waals surface area contributed by atoms with Gasteiger partial charge in [-0.25, -0.2) is 0 Å². The molecular formula is C17H15N. The van der Waals surface area contributed by atoms with Crippen LogP contribution in [-0.2, 0) is 6.54 Å². The first-order valence-corrected chi connectivity index (χ1v) is 6.03. The molecule has 0 aliphatic rings. The molecule has 0 aliphatic carbocycles. The maximum Gasteiger partial charge on any atom is 0.0184 e. The van der Waals surface area contributed by atoms with E-state index in [-0.39, 0.29) is 0 Å². The Labute approximate surface area is 106 Å². The first-order valence-electron chi connectivity index (χ1n) is 6.03. The summed E-state index contributed by atoms with van der Waals surface area (Å²) in [5.41, 5.74) is 6.97. The van der Waals surface area contributed by atoms with E-state index in [9.17, 15) is 0 Å². The molecule has 0 atom stereocenters. The second-order valence-corrected chi connectivity index (χ2v) is 4.59. The summed E-state index contributed by atoms with van der Waals surface area (Å²) in [5, 5.41) is 6.83. The molecule has 0 amide bonds. The monoisotopic (exact) mass is 233 g/mol.